The molecule has 0 radical (unpaired) electrons. The van der Waals surface area contributed by atoms with Crippen molar-refractivity contribution in [1.29, 1.82) is 0 Å². The standard InChI is InChI=1S/C38H23N5O/c1-4-12-25(13-5-1)35-40-36(26-14-6-2-7-15-26)42-38(41-35)43-30-19-11-10-18-28(30)33-31(43)23-21-24-20-22-29-34(32(24)33)44-37(39-29)27-16-8-3-9-17-27/h1-23H. The summed E-state index contributed by atoms with van der Waals surface area (Å²) < 4.78 is 8.67. The lowest BCUT2D eigenvalue weighted by molar-refractivity contribution is 0.623. The molecule has 0 spiro atoms. The van der Waals surface area contributed by atoms with Crippen LogP contribution in [-0.2, 0) is 0 Å². The number of nitrogens with zero attached hydrogens (tertiary/aromatic N) is 5. The first kappa shape index (κ1) is 24.5. The molecule has 0 N–H and O–H groups in total. The minimum absolute atomic E-state index is 0.554. The van der Waals surface area contributed by atoms with Crippen LogP contribution in [-0.4, -0.2) is 24.5 Å². The van der Waals surface area contributed by atoms with Gasteiger partial charge in [-0.3, -0.25) is 4.57 Å². The van der Waals surface area contributed by atoms with Crippen molar-refractivity contribution in [2.24, 2.45) is 0 Å². The van der Waals surface area contributed by atoms with Crippen LogP contribution in [0.5, 0.6) is 0 Å². The molecule has 0 bridgehead atoms. The average Bonchev–Trinajstić information content (AvgIpc) is 3.69. The molecule has 206 valence electrons. The van der Waals surface area contributed by atoms with Crippen LogP contribution in [0.1, 0.15) is 0 Å². The van der Waals surface area contributed by atoms with E-state index >= 15 is 0 Å². The quantitative estimate of drug-likeness (QED) is 0.213. The van der Waals surface area contributed by atoms with Gasteiger partial charge >= 0.3 is 0 Å². The Bertz CT molecular complexity index is 2430. The zero-order valence-corrected chi connectivity index (χ0v) is 23.4. The second kappa shape index (κ2) is 9.71. The highest BCUT2D eigenvalue weighted by Crippen LogP contribution is 2.40. The highest BCUT2D eigenvalue weighted by molar-refractivity contribution is 6.26. The van der Waals surface area contributed by atoms with E-state index in [0.29, 0.717) is 23.5 Å². The lowest BCUT2D eigenvalue weighted by atomic mass is 10.0. The van der Waals surface area contributed by atoms with Crippen molar-refractivity contribution < 1.29 is 4.42 Å². The maximum atomic E-state index is 6.53. The molecule has 0 aliphatic heterocycles. The van der Waals surface area contributed by atoms with Gasteiger partial charge in [-0.15, -0.1) is 0 Å². The Balaban J connectivity index is 1.38. The third-order valence-corrected chi connectivity index (χ3v) is 8.08. The molecule has 6 aromatic carbocycles. The third-order valence-electron chi connectivity index (χ3n) is 8.08. The fraction of sp³-hybridized carbons (Fsp3) is 0. The van der Waals surface area contributed by atoms with Crippen LogP contribution in [0.3, 0.4) is 0 Å². The molecule has 6 heteroatoms. The summed E-state index contributed by atoms with van der Waals surface area (Å²) in [6.07, 6.45) is 0. The third kappa shape index (κ3) is 3.82. The van der Waals surface area contributed by atoms with Gasteiger partial charge in [0, 0.05) is 32.8 Å². The average molecular weight is 566 g/mol. The lowest BCUT2D eigenvalue weighted by Gasteiger charge is -2.11. The number of aromatic nitrogens is 5. The summed E-state index contributed by atoms with van der Waals surface area (Å²) >= 11 is 0. The van der Waals surface area contributed by atoms with E-state index in [4.69, 9.17) is 24.4 Å². The molecular weight excluding hydrogens is 542 g/mol. The number of para-hydroxylation sites is 1. The van der Waals surface area contributed by atoms with E-state index in [9.17, 15) is 0 Å². The summed E-state index contributed by atoms with van der Waals surface area (Å²) in [7, 11) is 0. The molecule has 9 rings (SSSR count). The predicted molar refractivity (Wildman–Crippen MR) is 176 cm³/mol. The molecule has 0 amide bonds. The van der Waals surface area contributed by atoms with E-state index in [0.717, 1.165) is 60.4 Å². The van der Waals surface area contributed by atoms with Gasteiger partial charge in [0.15, 0.2) is 17.2 Å². The van der Waals surface area contributed by atoms with E-state index in [1.54, 1.807) is 0 Å². The molecule has 3 heterocycles. The fourth-order valence-corrected chi connectivity index (χ4v) is 6.07. The van der Waals surface area contributed by atoms with E-state index in [1.807, 2.05) is 97.1 Å². The van der Waals surface area contributed by atoms with Gasteiger partial charge < -0.3 is 4.42 Å². The summed E-state index contributed by atoms with van der Waals surface area (Å²) in [5.41, 5.74) is 6.36. The van der Waals surface area contributed by atoms with E-state index < -0.39 is 0 Å². The first-order valence-corrected chi connectivity index (χ1v) is 14.5. The molecule has 0 saturated carbocycles. The van der Waals surface area contributed by atoms with Crippen molar-refractivity contribution >= 4 is 43.7 Å². The van der Waals surface area contributed by atoms with Crippen LogP contribution < -0.4 is 0 Å². The predicted octanol–water partition coefficient (Wildman–Crippen LogP) is 9.26. The van der Waals surface area contributed by atoms with Crippen molar-refractivity contribution in [3.8, 4) is 40.2 Å². The Morgan fingerprint density at radius 3 is 1.73 bits per heavy atom. The Hall–Kier alpha value is -6.14. The largest absolute Gasteiger partial charge is 0.435 e. The van der Waals surface area contributed by atoms with Gasteiger partial charge in [0.25, 0.3) is 0 Å². The Labute approximate surface area is 251 Å². The first-order valence-electron chi connectivity index (χ1n) is 14.5. The number of hydrogen-bond donors (Lipinski definition) is 0. The van der Waals surface area contributed by atoms with Crippen molar-refractivity contribution in [2.75, 3.05) is 0 Å². The molecule has 0 saturated heterocycles. The molecule has 0 unspecified atom stereocenters. The number of rotatable bonds is 4. The zero-order chi connectivity index (χ0) is 29.0. The van der Waals surface area contributed by atoms with Crippen LogP contribution in [0.4, 0.5) is 0 Å². The van der Waals surface area contributed by atoms with Gasteiger partial charge in [-0.1, -0.05) is 109 Å². The van der Waals surface area contributed by atoms with Gasteiger partial charge in [0.1, 0.15) is 5.52 Å². The molecule has 0 fully saturated rings. The summed E-state index contributed by atoms with van der Waals surface area (Å²) in [5, 5.41) is 4.25. The van der Waals surface area contributed by atoms with Gasteiger partial charge in [-0.25, -0.2) is 9.97 Å². The van der Waals surface area contributed by atoms with E-state index in [1.165, 1.54) is 0 Å². The second-order valence-electron chi connectivity index (χ2n) is 10.7. The van der Waals surface area contributed by atoms with E-state index in [-0.39, 0.29) is 0 Å². The topological polar surface area (TPSA) is 69.6 Å². The smallest absolute Gasteiger partial charge is 0.238 e. The second-order valence-corrected chi connectivity index (χ2v) is 10.7. The van der Waals surface area contributed by atoms with Crippen LogP contribution in [0.15, 0.2) is 144 Å². The maximum Gasteiger partial charge on any atom is 0.238 e. The fourth-order valence-electron chi connectivity index (χ4n) is 6.07. The lowest BCUT2D eigenvalue weighted by Crippen LogP contribution is -2.06. The first-order chi connectivity index (χ1) is 21.8. The van der Waals surface area contributed by atoms with Crippen LogP contribution in [0.25, 0.3) is 83.9 Å². The summed E-state index contributed by atoms with van der Waals surface area (Å²) in [6.45, 7) is 0. The summed E-state index contributed by atoms with van der Waals surface area (Å²) in [6, 6.07) is 46.9. The maximum absolute atomic E-state index is 6.53. The van der Waals surface area contributed by atoms with Crippen LogP contribution in [0, 0.1) is 0 Å². The summed E-state index contributed by atoms with van der Waals surface area (Å²) in [5.74, 6) is 2.39. The van der Waals surface area contributed by atoms with Crippen molar-refractivity contribution in [3.05, 3.63) is 140 Å². The molecule has 9 aromatic rings. The minimum atomic E-state index is 0.554. The molecule has 6 nitrogen and oxygen atoms in total. The molecule has 0 aliphatic carbocycles. The van der Waals surface area contributed by atoms with Crippen LogP contribution in [0.2, 0.25) is 0 Å². The molecule has 3 aromatic heterocycles. The number of fused-ring (bicyclic) bond motifs is 7. The zero-order valence-electron chi connectivity index (χ0n) is 23.4. The van der Waals surface area contributed by atoms with Gasteiger partial charge in [0.05, 0.1) is 11.0 Å². The highest BCUT2D eigenvalue weighted by Gasteiger charge is 2.21. The SMILES string of the molecule is c1ccc(-c2nc(-c3ccccc3)nc(-n3c4ccccc4c4c5c(ccc6nc(-c7ccccc7)oc65)ccc43)n2)cc1. The minimum Gasteiger partial charge on any atom is -0.435 e. The number of oxazole rings is 1. The molecule has 0 aliphatic rings. The molecule has 0 atom stereocenters. The van der Waals surface area contributed by atoms with Gasteiger partial charge in [-0.05, 0) is 35.7 Å². The summed E-state index contributed by atoms with van der Waals surface area (Å²) in [4.78, 5) is 19.9. The Morgan fingerprint density at radius 2 is 1.05 bits per heavy atom. The van der Waals surface area contributed by atoms with E-state index in [2.05, 4.69) is 47.0 Å². The van der Waals surface area contributed by atoms with Crippen molar-refractivity contribution in [2.45, 2.75) is 0 Å². The van der Waals surface area contributed by atoms with Crippen molar-refractivity contribution in [1.82, 2.24) is 24.5 Å². The van der Waals surface area contributed by atoms with Gasteiger partial charge in [0.2, 0.25) is 11.8 Å². The monoisotopic (exact) mass is 565 g/mol. The van der Waals surface area contributed by atoms with Crippen LogP contribution >= 0.6 is 0 Å². The van der Waals surface area contributed by atoms with Gasteiger partial charge in [-0.2, -0.15) is 9.97 Å². The Kier molecular flexibility index (Phi) is 5.40. The highest BCUT2D eigenvalue weighted by atomic mass is 16.3. The van der Waals surface area contributed by atoms with Crippen molar-refractivity contribution in [3.63, 3.8) is 0 Å². The normalized spacial score (nSPS) is 11.6. The number of hydrogen-bond acceptors (Lipinski definition) is 5. The number of benzene rings is 6. The molecule has 44 heavy (non-hydrogen) atoms. The molecular formula is C38H23N5O. The Morgan fingerprint density at radius 1 is 0.455 bits per heavy atom.